The lowest BCUT2D eigenvalue weighted by molar-refractivity contribution is -0.145. The number of rotatable bonds is 5. The Hall–Kier alpha value is -1.58. The van der Waals surface area contributed by atoms with Gasteiger partial charge in [0, 0.05) is 31.4 Å². The Morgan fingerprint density at radius 3 is 2.84 bits per heavy atom. The van der Waals surface area contributed by atoms with E-state index in [1.165, 1.54) is 7.11 Å². The van der Waals surface area contributed by atoms with Crippen molar-refractivity contribution in [3.63, 3.8) is 0 Å². The van der Waals surface area contributed by atoms with Gasteiger partial charge < -0.3 is 19.7 Å². The van der Waals surface area contributed by atoms with Crippen molar-refractivity contribution in [2.45, 2.75) is 20.4 Å². The topological polar surface area (TPSA) is 76.1 Å². The third-order valence-electron chi connectivity index (χ3n) is 4.19. The maximum Gasteiger partial charge on any atom is 0.310 e. The number of esters is 1. The number of nitrogens with one attached hydrogen (secondary N) is 1. The Bertz CT molecular complexity index is 597. The molecule has 0 spiro atoms. The fraction of sp³-hybridized carbons (Fsp3) is 0.588. The van der Waals surface area contributed by atoms with E-state index < -0.39 is 0 Å². The highest BCUT2D eigenvalue weighted by Crippen LogP contribution is 2.24. The fourth-order valence-electron chi connectivity index (χ4n) is 2.91. The largest absolute Gasteiger partial charge is 0.481 e. The van der Waals surface area contributed by atoms with Crippen LogP contribution in [0.25, 0.3) is 0 Å². The number of carbonyl (C=O) groups excluding carboxylic acids is 1. The molecule has 1 saturated heterocycles. The number of aliphatic imine (C=N–C) groups is 1. The Kier molecular flexibility index (Phi) is 8.95. The van der Waals surface area contributed by atoms with Crippen LogP contribution in [0.4, 0.5) is 0 Å². The summed E-state index contributed by atoms with van der Waals surface area (Å²) in [6, 6.07) is 3.81. The summed E-state index contributed by atoms with van der Waals surface area (Å²) in [5.41, 5.74) is 0.923. The summed E-state index contributed by atoms with van der Waals surface area (Å²) in [5, 5.41) is 3.29. The zero-order valence-corrected chi connectivity index (χ0v) is 17.5. The van der Waals surface area contributed by atoms with Gasteiger partial charge in [-0.2, -0.15) is 0 Å². The van der Waals surface area contributed by atoms with Crippen LogP contribution in [0, 0.1) is 11.8 Å². The SMILES string of the molecule is CCNC(=NCc1cccnc1OC)N1CC(C)C(C(=O)OC)C1.I. The summed E-state index contributed by atoms with van der Waals surface area (Å²) in [6.45, 7) is 6.70. The van der Waals surface area contributed by atoms with Gasteiger partial charge in [0.15, 0.2) is 5.96 Å². The molecular formula is C17H27IN4O3. The van der Waals surface area contributed by atoms with Crippen LogP contribution < -0.4 is 10.1 Å². The van der Waals surface area contributed by atoms with Crippen molar-refractivity contribution in [3.8, 4) is 5.88 Å². The van der Waals surface area contributed by atoms with Crippen LogP contribution in [-0.2, 0) is 16.1 Å². The van der Waals surface area contributed by atoms with Crippen LogP contribution in [-0.4, -0.2) is 55.7 Å². The van der Waals surface area contributed by atoms with Gasteiger partial charge in [-0.1, -0.05) is 13.0 Å². The summed E-state index contributed by atoms with van der Waals surface area (Å²) in [4.78, 5) is 22.9. The monoisotopic (exact) mass is 462 g/mol. The molecule has 1 N–H and O–H groups in total. The predicted octanol–water partition coefficient (Wildman–Crippen LogP) is 1.91. The summed E-state index contributed by atoms with van der Waals surface area (Å²) >= 11 is 0. The standard InChI is InChI=1S/C17H26N4O3.HI/c1-5-18-17(20-9-13-7-6-8-19-15(13)23-3)21-10-12(2)14(11-21)16(22)24-4;/h6-8,12,14H,5,9-11H2,1-4H3,(H,18,20);1H. The van der Waals surface area contributed by atoms with E-state index in [2.05, 4.69) is 27.1 Å². The van der Waals surface area contributed by atoms with Crippen molar-refractivity contribution >= 4 is 35.9 Å². The van der Waals surface area contributed by atoms with Crippen LogP contribution in [0.5, 0.6) is 5.88 Å². The molecule has 0 radical (unpaired) electrons. The second-order valence-corrected chi connectivity index (χ2v) is 5.85. The van der Waals surface area contributed by atoms with Crippen molar-refractivity contribution in [3.05, 3.63) is 23.9 Å². The van der Waals surface area contributed by atoms with Crippen molar-refractivity contribution in [2.75, 3.05) is 33.9 Å². The van der Waals surface area contributed by atoms with Gasteiger partial charge in [-0.3, -0.25) is 4.79 Å². The Labute approximate surface area is 166 Å². The Morgan fingerprint density at radius 1 is 1.44 bits per heavy atom. The maximum atomic E-state index is 11.9. The smallest absolute Gasteiger partial charge is 0.310 e. The molecule has 1 aromatic heterocycles. The van der Waals surface area contributed by atoms with Gasteiger partial charge in [0.05, 0.1) is 26.7 Å². The highest BCUT2D eigenvalue weighted by Gasteiger charge is 2.36. The lowest BCUT2D eigenvalue weighted by atomic mass is 9.99. The third kappa shape index (κ3) is 5.45. The Morgan fingerprint density at radius 2 is 2.20 bits per heavy atom. The first-order valence-electron chi connectivity index (χ1n) is 8.19. The quantitative estimate of drug-likeness (QED) is 0.312. The molecule has 2 heterocycles. The van der Waals surface area contributed by atoms with Gasteiger partial charge in [-0.25, -0.2) is 9.98 Å². The number of ether oxygens (including phenoxy) is 2. The normalized spacial score (nSPS) is 20.0. The minimum atomic E-state index is -0.158. The molecular weight excluding hydrogens is 435 g/mol. The van der Waals surface area contributed by atoms with Crippen LogP contribution in [0.2, 0.25) is 0 Å². The van der Waals surface area contributed by atoms with Crippen LogP contribution >= 0.6 is 24.0 Å². The average molecular weight is 462 g/mol. The molecule has 7 nitrogen and oxygen atoms in total. The molecule has 2 unspecified atom stereocenters. The highest BCUT2D eigenvalue weighted by atomic mass is 127. The van der Waals surface area contributed by atoms with Crippen molar-refractivity contribution < 1.29 is 14.3 Å². The molecule has 140 valence electrons. The highest BCUT2D eigenvalue weighted by molar-refractivity contribution is 14.0. The molecule has 1 aromatic rings. The summed E-state index contributed by atoms with van der Waals surface area (Å²) in [6.07, 6.45) is 1.69. The maximum absolute atomic E-state index is 11.9. The van der Waals surface area contributed by atoms with Crippen LogP contribution in [0.3, 0.4) is 0 Å². The lowest BCUT2D eigenvalue weighted by Crippen LogP contribution is -2.40. The van der Waals surface area contributed by atoms with E-state index in [0.717, 1.165) is 24.6 Å². The number of nitrogens with zero attached hydrogens (tertiary/aromatic N) is 3. The van der Waals surface area contributed by atoms with E-state index in [0.29, 0.717) is 19.0 Å². The van der Waals surface area contributed by atoms with Crippen LogP contribution in [0.1, 0.15) is 19.4 Å². The first-order valence-corrected chi connectivity index (χ1v) is 8.19. The first-order chi connectivity index (χ1) is 11.6. The van der Waals surface area contributed by atoms with Crippen molar-refractivity contribution in [1.29, 1.82) is 0 Å². The second-order valence-electron chi connectivity index (χ2n) is 5.85. The predicted molar refractivity (Wildman–Crippen MR) is 107 cm³/mol. The molecule has 2 atom stereocenters. The molecule has 1 fully saturated rings. The Balaban J connectivity index is 0.00000312. The van der Waals surface area contributed by atoms with Gasteiger partial charge in [0.25, 0.3) is 0 Å². The molecule has 2 rings (SSSR count). The van der Waals surface area contributed by atoms with E-state index >= 15 is 0 Å². The van der Waals surface area contributed by atoms with Crippen molar-refractivity contribution in [2.24, 2.45) is 16.8 Å². The van der Waals surface area contributed by atoms with E-state index in [9.17, 15) is 4.79 Å². The summed E-state index contributed by atoms with van der Waals surface area (Å²) in [5.74, 6) is 1.33. The van der Waals surface area contributed by atoms with Gasteiger partial charge in [0.1, 0.15) is 0 Å². The number of likely N-dealkylation sites (tertiary alicyclic amines) is 1. The van der Waals surface area contributed by atoms with E-state index in [1.807, 2.05) is 19.1 Å². The number of guanidine groups is 1. The summed E-state index contributed by atoms with van der Waals surface area (Å²) < 4.78 is 10.2. The number of pyridine rings is 1. The number of halogens is 1. The van der Waals surface area contributed by atoms with E-state index in [1.54, 1.807) is 13.3 Å². The first kappa shape index (κ1) is 21.5. The number of aromatic nitrogens is 1. The molecule has 1 aliphatic heterocycles. The van der Waals surface area contributed by atoms with E-state index in [4.69, 9.17) is 9.47 Å². The van der Waals surface area contributed by atoms with Gasteiger partial charge in [-0.15, -0.1) is 24.0 Å². The van der Waals surface area contributed by atoms with Gasteiger partial charge >= 0.3 is 5.97 Å². The zero-order valence-electron chi connectivity index (χ0n) is 15.2. The van der Waals surface area contributed by atoms with Gasteiger partial charge in [0.2, 0.25) is 5.88 Å². The number of methoxy groups -OCH3 is 2. The second kappa shape index (κ2) is 10.4. The molecule has 0 bridgehead atoms. The molecule has 8 heteroatoms. The lowest BCUT2D eigenvalue weighted by Gasteiger charge is -2.21. The number of carbonyl (C=O) groups is 1. The van der Waals surface area contributed by atoms with Gasteiger partial charge in [-0.05, 0) is 18.9 Å². The number of hydrogen-bond donors (Lipinski definition) is 1. The minimum Gasteiger partial charge on any atom is -0.481 e. The fourth-order valence-corrected chi connectivity index (χ4v) is 2.91. The van der Waals surface area contributed by atoms with Crippen LogP contribution in [0.15, 0.2) is 23.3 Å². The molecule has 25 heavy (non-hydrogen) atoms. The summed E-state index contributed by atoms with van der Waals surface area (Å²) in [7, 11) is 3.04. The van der Waals surface area contributed by atoms with E-state index in [-0.39, 0.29) is 41.8 Å². The minimum absolute atomic E-state index is 0. The molecule has 1 aliphatic rings. The number of hydrogen-bond acceptors (Lipinski definition) is 5. The molecule has 0 aromatic carbocycles. The van der Waals surface area contributed by atoms with Crippen molar-refractivity contribution in [1.82, 2.24) is 15.2 Å². The average Bonchev–Trinajstić information content (AvgIpc) is 2.99. The molecule has 0 aliphatic carbocycles. The molecule has 0 saturated carbocycles. The third-order valence-corrected chi connectivity index (χ3v) is 4.19. The zero-order chi connectivity index (χ0) is 17.5. The molecule has 0 amide bonds.